The number of H-pyrrole nitrogens is 1. The van der Waals surface area contributed by atoms with Crippen molar-refractivity contribution in [2.45, 2.75) is 23.3 Å². The SMILES string of the molecule is CSc1cc(-c2cn(C)c(=O)c3[nH]ccc23)c2c(c1)N(C)C(=O)C1(CC1)O2. The zero-order valence-corrected chi connectivity index (χ0v) is 16.1. The number of aromatic amines is 1. The topological polar surface area (TPSA) is 67.3 Å². The number of nitrogens with one attached hydrogen (secondary N) is 1. The highest BCUT2D eigenvalue weighted by atomic mass is 32.2. The van der Waals surface area contributed by atoms with Gasteiger partial charge in [-0.1, -0.05) is 0 Å². The number of aryl methyl sites for hydroxylation is 1. The molecule has 1 amide bonds. The quantitative estimate of drug-likeness (QED) is 0.693. The molecule has 1 aliphatic heterocycles. The lowest BCUT2D eigenvalue weighted by molar-refractivity contribution is -0.127. The smallest absolute Gasteiger partial charge is 0.274 e. The molecule has 0 bridgehead atoms. The lowest BCUT2D eigenvalue weighted by Crippen LogP contribution is -2.45. The predicted octanol–water partition coefficient (Wildman–Crippen LogP) is 3.14. The van der Waals surface area contributed by atoms with Crippen LogP contribution < -0.4 is 15.2 Å². The van der Waals surface area contributed by atoms with Crippen molar-refractivity contribution >= 4 is 34.3 Å². The van der Waals surface area contributed by atoms with E-state index in [0.717, 1.165) is 39.9 Å². The van der Waals surface area contributed by atoms with Gasteiger partial charge in [-0.3, -0.25) is 9.59 Å². The standard InChI is InChI=1S/C20H19N3O3S/c1-22-10-14(12-4-7-21-16(12)18(22)24)13-8-11(27-3)9-15-17(13)26-20(5-6-20)19(25)23(15)2/h4,7-10,21H,5-6H2,1-3H3. The molecule has 27 heavy (non-hydrogen) atoms. The Bertz CT molecular complexity index is 1170. The largest absolute Gasteiger partial charge is 0.475 e. The monoisotopic (exact) mass is 381 g/mol. The van der Waals surface area contributed by atoms with Gasteiger partial charge in [-0.25, -0.2) is 0 Å². The van der Waals surface area contributed by atoms with Gasteiger partial charge in [-0.15, -0.1) is 11.8 Å². The first-order chi connectivity index (χ1) is 12.9. The summed E-state index contributed by atoms with van der Waals surface area (Å²) in [6, 6.07) is 5.98. The van der Waals surface area contributed by atoms with Gasteiger partial charge in [0.1, 0.15) is 5.52 Å². The third kappa shape index (κ3) is 2.21. The lowest BCUT2D eigenvalue weighted by atomic mass is 10.00. The number of fused-ring (bicyclic) bond motifs is 2. The van der Waals surface area contributed by atoms with Crippen molar-refractivity contribution in [1.82, 2.24) is 9.55 Å². The summed E-state index contributed by atoms with van der Waals surface area (Å²) in [7, 11) is 3.56. The maximum atomic E-state index is 12.7. The third-order valence-electron chi connectivity index (χ3n) is 5.52. The van der Waals surface area contributed by atoms with Gasteiger partial charge in [-0.05, 0) is 24.5 Å². The zero-order chi connectivity index (χ0) is 18.9. The summed E-state index contributed by atoms with van der Waals surface area (Å²) in [6.07, 6.45) is 7.11. The van der Waals surface area contributed by atoms with E-state index in [1.54, 1.807) is 34.5 Å². The van der Waals surface area contributed by atoms with E-state index in [2.05, 4.69) is 11.1 Å². The molecule has 7 heteroatoms. The van der Waals surface area contributed by atoms with Gasteiger partial charge in [0, 0.05) is 60.7 Å². The second-order valence-corrected chi connectivity index (χ2v) is 8.09. The molecule has 1 spiro atoms. The maximum Gasteiger partial charge on any atom is 0.274 e. The second kappa shape index (κ2) is 5.42. The number of anilines is 1. The summed E-state index contributed by atoms with van der Waals surface area (Å²) in [5.41, 5.74) is 2.38. The maximum absolute atomic E-state index is 12.7. The van der Waals surface area contributed by atoms with Crippen LogP contribution in [0.2, 0.25) is 0 Å². The number of ether oxygens (including phenoxy) is 1. The van der Waals surface area contributed by atoms with E-state index in [-0.39, 0.29) is 11.5 Å². The van der Waals surface area contributed by atoms with Crippen LogP contribution in [0.4, 0.5) is 5.69 Å². The number of carbonyl (C=O) groups excluding carboxylic acids is 1. The van der Waals surface area contributed by atoms with Crippen molar-refractivity contribution < 1.29 is 9.53 Å². The molecule has 2 aromatic heterocycles. The van der Waals surface area contributed by atoms with Gasteiger partial charge in [0.15, 0.2) is 11.4 Å². The minimum Gasteiger partial charge on any atom is -0.475 e. The van der Waals surface area contributed by atoms with Crippen molar-refractivity contribution in [3.8, 4) is 16.9 Å². The molecule has 3 heterocycles. The van der Waals surface area contributed by atoms with E-state index >= 15 is 0 Å². The Hall–Kier alpha value is -2.67. The Kier molecular flexibility index (Phi) is 3.31. The second-order valence-electron chi connectivity index (χ2n) is 7.21. The zero-order valence-electron chi connectivity index (χ0n) is 15.3. The molecule has 1 N–H and O–H groups in total. The number of hydrogen-bond acceptors (Lipinski definition) is 4. The highest BCUT2D eigenvalue weighted by molar-refractivity contribution is 7.98. The highest BCUT2D eigenvalue weighted by Gasteiger charge is 2.57. The normalized spacial score (nSPS) is 17.3. The molecular formula is C20H19N3O3S. The Morgan fingerprint density at radius 1 is 1.19 bits per heavy atom. The summed E-state index contributed by atoms with van der Waals surface area (Å²) >= 11 is 1.61. The fourth-order valence-electron chi connectivity index (χ4n) is 3.83. The van der Waals surface area contributed by atoms with Crippen LogP contribution in [0.1, 0.15) is 12.8 Å². The molecular weight excluding hydrogens is 362 g/mol. The van der Waals surface area contributed by atoms with E-state index in [1.165, 1.54) is 0 Å². The van der Waals surface area contributed by atoms with Crippen LogP contribution >= 0.6 is 11.8 Å². The van der Waals surface area contributed by atoms with Crippen LogP contribution in [0.15, 0.2) is 40.3 Å². The van der Waals surface area contributed by atoms with Crippen LogP contribution in [0, 0.1) is 0 Å². The summed E-state index contributed by atoms with van der Waals surface area (Å²) in [5, 5.41) is 0.853. The minimum absolute atomic E-state index is 0.0199. The van der Waals surface area contributed by atoms with E-state index in [9.17, 15) is 9.59 Å². The third-order valence-corrected chi connectivity index (χ3v) is 6.23. The summed E-state index contributed by atoms with van der Waals surface area (Å²) < 4.78 is 7.88. The number of thioether (sulfide) groups is 1. The average molecular weight is 381 g/mol. The summed E-state index contributed by atoms with van der Waals surface area (Å²) in [6.45, 7) is 0. The molecule has 0 saturated heterocycles. The van der Waals surface area contributed by atoms with Gasteiger partial charge >= 0.3 is 0 Å². The van der Waals surface area contributed by atoms with Crippen LogP contribution in [0.5, 0.6) is 5.75 Å². The number of hydrogen-bond donors (Lipinski definition) is 1. The molecule has 6 nitrogen and oxygen atoms in total. The van der Waals surface area contributed by atoms with E-state index in [1.807, 2.05) is 31.6 Å². The molecule has 1 saturated carbocycles. The number of pyridine rings is 1. The average Bonchev–Trinajstić information content (AvgIpc) is 3.27. The van der Waals surface area contributed by atoms with Crippen LogP contribution in [0.3, 0.4) is 0 Å². The first-order valence-corrected chi connectivity index (χ1v) is 10.0. The number of rotatable bonds is 2. The van der Waals surface area contributed by atoms with Gasteiger partial charge in [0.2, 0.25) is 0 Å². The van der Waals surface area contributed by atoms with Gasteiger partial charge < -0.3 is 19.2 Å². The minimum atomic E-state index is -0.713. The van der Waals surface area contributed by atoms with E-state index < -0.39 is 5.60 Å². The Balaban J connectivity index is 1.84. The molecule has 0 atom stereocenters. The number of amides is 1. The number of nitrogens with zero attached hydrogens (tertiary/aromatic N) is 2. The fraction of sp³-hybridized carbons (Fsp3) is 0.300. The Morgan fingerprint density at radius 3 is 2.67 bits per heavy atom. The molecule has 0 radical (unpaired) electrons. The van der Waals surface area contributed by atoms with E-state index in [0.29, 0.717) is 11.3 Å². The summed E-state index contributed by atoms with van der Waals surface area (Å²) in [4.78, 5) is 31.0. The predicted molar refractivity (Wildman–Crippen MR) is 107 cm³/mol. The molecule has 0 unspecified atom stereocenters. The Morgan fingerprint density at radius 2 is 1.96 bits per heavy atom. The fourth-order valence-corrected chi connectivity index (χ4v) is 4.29. The van der Waals surface area contributed by atoms with Crippen LogP contribution in [-0.4, -0.2) is 34.4 Å². The highest BCUT2D eigenvalue weighted by Crippen LogP contribution is 2.53. The van der Waals surface area contributed by atoms with Gasteiger partial charge in [0.25, 0.3) is 11.5 Å². The van der Waals surface area contributed by atoms with Crippen molar-refractivity contribution in [2.24, 2.45) is 7.05 Å². The Labute approximate surface area is 160 Å². The molecule has 5 rings (SSSR count). The number of benzene rings is 1. The first-order valence-electron chi connectivity index (χ1n) is 8.81. The molecule has 138 valence electrons. The van der Waals surface area contributed by atoms with Crippen molar-refractivity contribution in [1.29, 1.82) is 0 Å². The molecule has 3 aromatic rings. The van der Waals surface area contributed by atoms with Crippen molar-refractivity contribution in [3.63, 3.8) is 0 Å². The molecule has 1 fully saturated rings. The van der Waals surface area contributed by atoms with Crippen molar-refractivity contribution in [3.05, 3.63) is 40.9 Å². The van der Waals surface area contributed by atoms with Gasteiger partial charge in [0.05, 0.1) is 5.69 Å². The molecule has 2 aliphatic rings. The van der Waals surface area contributed by atoms with Crippen molar-refractivity contribution in [2.75, 3.05) is 18.2 Å². The van der Waals surface area contributed by atoms with Crippen LogP contribution in [-0.2, 0) is 11.8 Å². The summed E-state index contributed by atoms with van der Waals surface area (Å²) in [5.74, 6) is 0.736. The molecule has 1 aromatic carbocycles. The lowest BCUT2D eigenvalue weighted by Gasteiger charge is -2.34. The van der Waals surface area contributed by atoms with E-state index in [4.69, 9.17) is 4.74 Å². The first kappa shape index (κ1) is 16.5. The number of carbonyl (C=O) groups is 1. The molecule has 1 aliphatic carbocycles. The number of likely N-dealkylation sites (N-methyl/N-ethyl adjacent to an activating group) is 1. The van der Waals surface area contributed by atoms with Crippen LogP contribution in [0.25, 0.3) is 22.0 Å². The van der Waals surface area contributed by atoms with Gasteiger partial charge in [-0.2, -0.15) is 0 Å². The number of aromatic nitrogens is 2.